The number of carbonyl (C=O) groups excluding carboxylic acids is 1. The van der Waals surface area contributed by atoms with Crippen molar-refractivity contribution in [1.82, 2.24) is 14.4 Å². The van der Waals surface area contributed by atoms with Gasteiger partial charge in [-0.2, -0.15) is 0 Å². The van der Waals surface area contributed by atoms with Gasteiger partial charge in [0.2, 0.25) is 5.78 Å². The molecule has 2 amide bonds. The lowest BCUT2D eigenvalue weighted by molar-refractivity contribution is 0.262. The summed E-state index contributed by atoms with van der Waals surface area (Å²) in [5.41, 5.74) is 2.68. The van der Waals surface area contributed by atoms with Crippen LogP contribution < -0.4 is 10.6 Å². The van der Waals surface area contributed by atoms with Crippen molar-refractivity contribution < 1.29 is 13.6 Å². The van der Waals surface area contributed by atoms with Crippen LogP contribution in [0.4, 0.5) is 25.0 Å². The fraction of sp³-hybridized carbons (Fsp3) is 0.0500. The Bertz CT molecular complexity index is 1190. The van der Waals surface area contributed by atoms with Gasteiger partial charge in [0.05, 0.1) is 11.4 Å². The molecule has 0 radical (unpaired) electrons. The Morgan fingerprint density at radius 3 is 2.75 bits per heavy atom. The molecule has 4 rings (SSSR count). The Morgan fingerprint density at radius 1 is 1.07 bits per heavy atom. The van der Waals surface area contributed by atoms with Crippen molar-refractivity contribution >= 4 is 23.2 Å². The molecule has 2 N–H and O–H groups in total. The number of rotatable bonds is 3. The molecule has 4 aromatic rings. The van der Waals surface area contributed by atoms with Gasteiger partial charge in [-0.15, -0.1) is 0 Å². The Kier molecular flexibility index (Phi) is 4.44. The van der Waals surface area contributed by atoms with Crippen molar-refractivity contribution in [1.29, 1.82) is 0 Å². The average molecular weight is 379 g/mol. The van der Waals surface area contributed by atoms with E-state index in [1.54, 1.807) is 24.4 Å². The SMILES string of the molecule is Cc1c(-c2cccc(NC(=O)Nc3cc(F)ccc3F)c2)nc2ncccn12. The maximum atomic E-state index is 13.7. The lowest BCUT2D eigenvalue weighted by Crippen LogP contribution is -2.20. The summed E-state index contributed by atoms with van der Waals surface area (Å²) < 4.78 is 28.8. The van der Waals surface area contributed by atoms with Gasteiger partial charge in [-0.05, 0) is 37.3 Å². The molecule has 2 aromatic heterocycles. The van der Waals surface area contributed by atoms with Crippen molar-refractivity contribution in [2.75, 3.05) is 10.6 Å². The summed E-state index contributed by atoms with van der Waals surface area (Å²) in [5, 5.41) is 4.91. The highest BCUT2D eigenvalue weighted by Gasteiger charge is 2.13. The standard InChI is InChI=1S/C20H15F2N5O/c1-12-18(26-19-23-8-3-9-27(12)19)13-4-2-5-15(10-13)24-20(28)25-17-11-14(21)6-7-16(17)22/h2-11H,1H3,(H2,24,25,28). The number of anilines is 2. The van der Waals surface area contributed by atoms with Crippen LogP contribution in [-0.4, -0.2) is 20.4 Å². The highest BCUT2D eigenvalue weighted by atomic mass is 19.1. The molecule has 0 spiro atoms. The van der Waals surface area contributed by atoms with Crippen molar-refractivity contribution in [3.05, 3.63) is 78.3 Å². The summed E-state index contributed by atoms with van der Waals surface area (Å²) >= 11 is 0. The van der Waals surface area contributed by atoms with Crippen LogP contribution in [-0.2, 0) is 0 Å². The van der Waals surface area contributed by atoms with E-state index in [1.807, 2.05) is 29.7 Å². The summed E-state index contributed by atoms with van der Waals surface area (Å²) in [4.78, 5) is 20.9. The number of amides is 2. The maximum absolute atomic E-state index is 13.7. The third-order valence-electron chi connectivity index (χ3n) is 4.21. The molecule has 6 nitrogen and oxygen atoms in total. The number of halogens is 2. The van der Waals surface area contributed by atoms with Gasteiger partial charge >= 0.3 is 6.03 Å². The van der Waals surface area contributed by atoms with Gasteiger partial charge in [0.1, 0.15) is 11.6 Å². The van der Waals surface area contributed by atoms with Crippen LogP contribution in [0.5, 0.6) is 0 Å². The molecule has 28 heavy (non-hydrogen) atoms. The number of hydrogen-bond donors (Lipinski definition) is 2. The predicted octanol–water partition coefficient (Wildman–Crippen LogP) is 4.63. The minimum Gasteiger partial charge on any atom is -0.308 e. The van der Waals surface area contributed by atoms with E-state index in [2.05, 4.69) is 20.6 Å². The van der Waals surface area contributed by atoms with Gasteiger partial charge < -0.3 is 10.6 Å². The van der Waals surface area contributed by atoms with Crippen molar-refractivity contribution in [2.45, 2.75) is 6.92 Å². The normalized spacial score (nSPS) is 10.8. The minimum absolute atomic E-state index is 0.240. The number of nitrogens with one attached hydrogen (secondary N) is 2. The van der Waals surface area contributed by atoms with Crippen LogP contribution in [0.1, 0.15) is 5.69 Å². The van der Waals surface area contributed by atoms with E-state index in [0.29, 0.717) is 11.5 Å². The second kappa shape index (κ2) is 7.07. The summed E-state index contributed by atoms with van der Waals surface area (Å²) in [6, 6.07) is 11.0. The van der Waals surface area contributed by atoms with E-state index < -0.39 is 17.7 Å². The minimum atomic E-state index is -0.724. The van der Waals surface area contributed by atoms with Crippen LogP contribution in [0.3, 0.4) is 0 Å². The fourth-order valence-corrected chi connectivity index (χ4v) is 2.90. The van der Waals surface area contributed by atoms with Gasteiger partial charge in [0.15, 0.2) is 0 Å². The summed E-state index contributed by atoms with van der Waals surface area (Å²) in [7, 11) is 0. The van der Waals surface area contributed by atoms with Gasteiger partial charge in [-0.25, -0.2) is 23.5 Å². The van der Waals surface area contributed by atoms with E-state index in [-0.39, 0.29) is 5.69 Å². The molecule has 0 aliphatic rings. The molecule has 0 saturated heterocycles. The van der Waals surface area contributed by atoms with Crippen LogP contribution in [0.2, 0.25) is 0 Å². The van der Waals surface area contributed by atoms with Crippen molar-refractivity contribution in [3.63, 3.8) is 0 Å². The lowest BCUT2D eigenvalue weighted by atomic mass is 10.1. The smallest absolute Gasteiger partial charge is 0.308 e. The highest BCUT2D eigenvalue weighted by Crippen LogP contribution is 2.25. The number of urea groups is 1. The number of fused-ring (bicyclic) bond motifs is 1. The molecular formula is C20H15F2N5O. The van der Waals surface area contributed by atoms with E-state index in [9.17, 15) is 13.6 Å². The third kappa shape index (κ3) is 3.39. The molecule has 8 heteroatoms. The second-order valence-corrected chi connectivity index (χ2v) is 6.12. The fourth-order valence-electron chi connectivity index (χ4n) is 2.90. The molecule has 2 aromatic carbocycles. The van der Waals surface area contributed by atoms with Crippen LogP contribution in [0, 0.1) is 18.6 Å². The van der Waals surface area contributed by atoms with E-state index in [0.717, 1.165) is 35.2 Å². The number of aromatic nitrogens is 3. The Balaban J connectivity index is 1.57. The van der Waals surface area contributed by atoms with Crippen molar-refractivity contribution in [2.24, 2.45) is 0 Å². The summed E-state index contributed by atoms with van der Waals surface area (Å²) in [6.45, 7) is 1.93. The first-order valence-electron chi connectivity index (χ1n) is 8.44. The molecule has 0 aliphatic carbocycles. The zero-order valence-electron chi connectivity index (χ0n) is 14.8. The monoisotopic (exact) mass is 379 g/mol. The molecular weight excluding hydrogens is 364 g/mol. The number of aryl methyl sites for hydroxylation is 1. The Hall–Kier alpha value is -3.81. The first-order chi connectivity index (χ1) is 13.5. The maximum Gasteiger partial charge on any atom is 0.323 e. The number of imidazole rings is 1. The average Bonchev–Trinajstić information content (AvgIpc) is 3.02. The Morgan fingerprint density at radius 2 is 1.93 bits per heavy atom. The van der Waals surface area contributed by atoms with E-state index in [4.69, 9.17) is 0 Å². The molecule has 0 unspecified atom stereocenters. The van der Waals surface area contributed by atoms with Gasteiger partial charge in [-0.3, -0.25) is 4.40 Å². The number of nitrogens with zero attached hydrogens (tertiary/aromatic N) is 3. The zero-order valence-corrected chi connectivity index (χ0v) is 14.8. The van der Waals surface area contributed by atoms with Gasteiger partial charge in [0.25, 0.3) is 0 Å². The van der Waals surface area contributed by atoms with Crippen molar-refractivity contribution in [3.8, 4) is 11.3 Å². The summed E-state index contributed by atoms with van der Waals surface area (Å²) in [6.07, 6.45) is 3.54. The zero-order chi connectivity index (χ0) is 19.7. The Labute approximate surface area is 158 Å². The molecule has 2 heterocycles. The quantitative estimate of drug-likeness (QED) is 0.545. The van der Waals surface area contributed by atoms with Gasteiger partial charge in [0, 0.05) is 35.4 Å². The first-order valence-corrected chi connectivity index (χ1v) is 8.44. The van der Waals surface area contributed by atoms with Crippen LogP contribution in [0.15, 0.2) is 60.9 Å². The van der Waals surface area contributed by atoms with E-state index >= 15 is 0 Å². The summed E-state index contributed by atoms with van der Waals surface area (Å²) in [5.74, 6) is -0.791. The topological polar surface area (TPSA) is 71.3 Å². The molecule has 0 atom stereocenters. The lowest BCUT2D eigenvalue weighted by Gasteiger charge is -2.09. The largest absolute Gasteiger partial charge is 0.323 e. The number of benzene rings is 2. The molecule has 0 aliphatic heterocycles. The first kappa shape index (κ1) is 17.6. The predicted molar refractivity (Wildman–Crippen MR) is 102 cm³/mol. The molecule has 0 fully saturated rings. The number of carbonyl (C=O) groups is 1. The van der Waals surface area contributed by atoms with Crippen LogP contribution in [0.25, 0.3) is 17.0 Å². The molecule has 0 bridgehead atoms. The highest BCUT2D eigenvalue weighted by molar-refractivity contribution is 6.00. The molecule has 140 valence electrons. The number of hydrogen-bond acceptors (Lipinski definition) is 3. The van der Waals surface area contributed by atoms with Gasteiger partial charge in [-0.1, -0.05) is 12.1 Å². The second-order valence-electron chi connectivity index (χ2n) is 6.12. The molecule has 0 saturated carbocycles. The third-order valence-corrected chi connectivity index (χ3v) is 4.21. The van der Waals surface area contributed by atoms with E-state index in [1.165, 1.54) is 0 Å². The van der Waals surface area contributed by atoms with Crippen LogP contribution >= 0.6 is 0 Å².